The van der Waals surface area contributed by atoms with Crippen LogP contribution in [-0.4, -0.2) is 51.2 Å². The molecule has 0 radical (unpaired) electrons. The van der Waals surface area contributed by atoms with E-state index < -0.39 is 0 Å². The number of rotatable bonds is 2. The minimum absolute atomic E-state index is 0.00416. The average Bonchev–Trinajstić information content (AvgIpc) is 2.94. The molecule has 2 aromatic rings. The lowest BCUT2D eigenvalue weighted by atomic mass is 10.1. The van der Waals surface area contributed by atoms with Crippen molar-refractivity contribution in [3.63, 3.8) is 0 Å². The van der Waals surface area contributed by atoms with Crippen molar-refractivity contribution in [2.75, 3.05) is 19.6 Å². The van der Waals surface area contributed by atoms with Crippen LogP contribution in [0.25, 0.3) is 10.6 Å². The number of aromatic nitrogens is 3. The van der Waals surface area contributed by atoms with E-state index in [-0.39, 0.29) is 17.5 Å². The number of carbonyl (C=O) groups is 1. The van der Waals surface area contributed by atoms with E-state index >= 15 is 0 Å². The van der Waals surface area contributed by atoms with Crippen LogP contribution >= 0.6 is 11.3 Å². The van der Waals surface area contributed by atoms with Crippen molar-refractivity contribution in [1.29, 1.82) is 0 Å². The molecule has 0 bridgehead atoms. The molecule has 1 aliphatic heterocycles. The number of hydrogen-bond donors (Lipinski definition) is 1. The van der Waals surface area contributed by atoms with Gasteiger partial charge in [0.1, 0.15) is 9.88 Å². The van der Waals surface area contributed by atoms with Gasteiger partial charge in [-0.25, -0.2) is 9.67 Å². The Morgan fingerprint density at radius 2 is 2.00 bits per heavy atom. The van der Waals surface area contributed by atoms with Crippen molar-refractivity contribution >= 4 is 17.2 Å². The van der Waals surface area contributed by atoms with Gasteiger partial charge in [-0.3, -0.25) is 9.59 Å². The molecule has 8 heteroatoms. The molecule has 3 heterocycles. The number of nitrogens with one attached hydrogen (secondary N) is 1. The highest BCUT2D eigenvalue weighted by molar-refractivity contribution is 7.17. The molecule has 1 amide bonds. The number of nitrogens with zero attached hydrogens (tertiary/aromatic N) is 4. The Hall–Kier alpha value is -2.06. The zero-order valence-electron chi connectivity index (χ0n) is 15.2. The van der Waals surface area contributed by atoms with E-state index in [1.165, 1.54) is 16.0 Å². The van der Waals surface area contributed by atoms with Gasteiger partial charge in [-0.15, -0.1) is 11.3 Å². The standard InChI is InChI=1S/C17H23N5O2S/c1-9-8-18-6-7-22(9)17(24)14-12(4)19-15(25-14)13-10(2)11(3)20-21(5)16(13)23/h9,18H,6-8H2,1-5H3/t9-/m0/s1. The molecule has 0 aromatic carbocycles. The summed E-state index contributed by atoms with van der Waals surface area (Å²) in [5.41, 5.74) is 2.62. The number of piperazine rings is 1. The monoisotopic (exact) mass is 361 g/mol. The van der Waals surface area contributed by atoms with Crippen molar-refractivity contribution in [1.82, 2.24) is 25.0 Å². The molecule has 0 spiro atoms. The molecule has 1 aliphatic rings. The fraction of sp³-hybridized carbons (Fsp3) is 0.529. The Labute approximate surface area is 150 Å². The number of thiazole rings is 1. The maximum Gasteiger partial charge on any atom is 0.277 e. The molecule has 25 heavy (non-hydrogen) atoms. The largest absolute Gasteiger partial charge is 0.333 e. The maximum absolute atomic E-state index is 13.0. The molecular weight excluding hydrogens is 338 g/mol. The topological polar surface area (TPSA) is 80.1 Å². The van der Waals surface area contributed by atoms with Crippen molar-refractivity contribution < 1.29 is 4.79 Å². The Balaban J connectivity index is 2.05. The summed E-state index contributed by atoms with van der Waals surface area (Å²) >= 11 is 1.30. The highest BCUT2D eigenvalue weighted by Gasteiger charge is 2.28. The Morgan fingerprint density at radius 3 is 2.68 bits per heavy atom. The summed E-state index contributed by atoms with van der Waals surface area (Å²) in [5.74, 6) is -0.00416. The summed E-state index contributed by atoms with van der Waals surface area (Å²) in [4.78, 5) is 32.5. The third-order valence-electron chi connectivity index (χ3n) is 4.69. The van der Waals surface area contributed by atoms with Crippen LogP contribution in [0, 0.1) is 20.8 Å². The van der Waals surface area contributed by atoms with Crippen LogP contribution in [0.1, 0.15) is 33.5 Å². The van der Waals surface area contributed by atoms with Gasteiger partial charge in [-0.1, -0.05) is 0 Å². The summed E-state index contributed by atoms with van der Waals surface area (Å²) in [6.45, 7) is 9.87. The van der Waals surface area contributed by atoms with Crippen LogP contribution in [0.4, 0.5) is 0 Å². The van der Waals surface area contributed by atoms with Crippen LogP contribution in [0.15, 0.2) is 4.79 Å². The number of amides is 1. The molecule has 0 aliphatic carbocycles. The molecule has 2 aromatic heterocycles. The van der Waals surface area contributed by atoms with Gasteiger partial charge in [0.25, 0.3) is 11.5 Å². The second kappa shape index (κ2) is 6.68. The fourth-order valence-corrected chi connectivity index (χ4v) is 4.19. The molecule has 1 atom stereocenters. The molecule has 1 saturated heterocycles. The first-order chi connectivity index (χ1) is 11.8. The second-order valence-corrected chi connectivity index (χ2v) is 7.50. The van der Waals surface area contributed by atoms with Crippen LogP contribution in [0.2, 0.25) is 0 Å². The first kappa shape index (κ1) is 17.8. The smallest absolute Gasteiger partial charge is 0.277 e. The highest BCUT2D eigenvalue weighted by atomic mass is 32.1. The number of carbonyl (C=O) groups excluding carboxylic acids is 1. The first-order valence-corrected chi connectivity index (χ1v) is 9.17. The summed E-state index contributed by atoms with van der Waals surface area (Å²) in [7, 11) is 1.63. The third-order valence-corrected chi connectivity index (χ3v) is 5.86. The summed E-state index contributed by atoms with van der Waals surface area (Å²) in [6.07, 6.45) is 0. The van der Waals surface area contributed by atoms with Gasteiger partial charge in [0, 0.05) is 32.7 Å². The maximum atomic E-state index is 13.0. The van der Waals surface area contributed by atoms with Crippen LogP contribution < -0.4 is 10.9 Å². The van der Waals surface area contributed by atoms with Crippen LogP contribution in [0.3, 0.4) is 0 Å². The van der Waals surface area contributed by atoms with E-state index in [0.29, 0.717) is 27.7 Å². The Morgan fingerprint density at radius 1 is 1.28 bits per heavy atom. The van der Waals surface area contributed by atoms with E-state index in [2.05, 4.69) is 15.4 Å². The fourth-order valence-electron chi connectivity index (χ4n) is 3.08. The first-order valence-electron chi connectivity index (χ1n) is 8.35. The molecule has 0 unspecified atom stereocenters. The summed E-state index contributed by atoms with van der Waals surface area (Å²) in [5, 5.41) is 8.08. The van der Waals surface area contributed by atoms with Crippen molar-refractivity contribution in [2.45, 2.75) is 33.7 Å². The highest BCUT2D eigenvalue weighted by Crippen LogP contribution is 2.29. The van der Waals surface area contributed by atoms with Crippen molar-refractivity contribution in [3.8, 4) is 10.6 Å². The number of hydrogen-bond acceptors (Lipinski definition) is 6. The molecule has 7 nitrogen and oxygen atoms in total. The lowest BCUT2D eigenvalue weighted by molar-refractivity contribution is 0.0660. The minimum Gasteiger partial charge on any atom is -0.333 e. The molecular formula is C17H23N5O2S. The van der Waals surface area contributed by atoms with E-state index in [1.807, 2.05) is 32.6 Å². The van der Waals surface area contributed by atoms with E-state index in [9.17, 15) is 9.59 Å². The zero-order valence-corrected chi connectivity index (χ0v) is 16.0. The molecule has 1 fully saturated rings. The summed E-state index contributed by atoms with van der Waals surface area (Å²) < 4.78 is 1.33. The molecule has 134 valence electrons. The SMILES string of the molecule is Cc1nc(-c2c(C)c(C)nn(C)c2=O)sc1C(=O)N1CCNC[C@@H]1C. The van der Waals surface area contributed by atoms with E-state index in [0.717, 1.165) is 24.3 Å². The van der Waals surface area contributed by atoms with Gasteiger partial charge >= 0.3 is 0 Å². The van der Waals surface area contributed by atoms with Gasteiger partial charge in [-0.05, 0) is 33.3 Å². The Bertz CT molecular complexity index is 886. The van der Waals surface area contributed by atoms with E-state index in [4.69, 9.17) is 0 Å². The van der Waals surface area contributed by atoms with Gasteiger partial charge in [0.2, 0.25) is 0 Å². The Kier molecular flexibility index (Phi) is 4.75. The normalized spacial score (nSPS) is 17.8. The number of aryl methyl sites for hydroxylation is 3. The average molecular weight is 361 g/mol. The molecule has 1 N–H and O–H groups in total. The van der Waals surface area contributed by atoms with Gasteiger partial charge in [0.05, 0.1) is 17.0 Å². The lowest BCUT2D eigenvalue weighted by Crippen LogP contribution is -2.52. The molecule has 3 rings (SSSR count). The summed E-state index contributed by atoms with van der Waals surface area (Å²) in [6, 6.07) is 0.143. The quantitative estimate of drug-likeness (QED) is 0.871. The van der Waals surface area contributed by atoms with Gasteiger partial charge in [0.15, 0.2) is 0 Å². The van der Waals surface area contributed by atoms with Crippen molar-refractivity contribution in [2.24, 2.45) is 7.05 Å². The predicted octanol–water partition coefficient (Wildman–Crippen LogP) is 1.26. The third kappa shape index (κ3) is 3.11. The second-order valence-electron chi connectivity index (χ2n) is 6.50. The molecule has 0 saturated carbocycles. The zero-order chi connectivity index (χ0) is 18.3. The van der Waals surface area contributed by atoms with Crippen LogP contribution in [-0.2, 0) is 7.05 Å². The van der Waals surface area contributed by atoms with Crippen molar-refractivity contribution in [3.05, 3.63) is 32.2 Å². The van der Waals surface area contributed by atoms with Crippen LogP contribution in [0.5, 0.6) is 0 Å². The lowest BCUT2D eigenvalue weighted by Gasteiger charge is -2.33. The van der Waals surface area contributed by atoms with E-state index in [1.54, 1.807) is 7.05 Å². The van der Waals surface area contributed by atoms with Gasteiger partial charge < -0.3 is 10.2 Å². The van der Waals surface area contributed by atoms with Gasteiger partial charge in [-0.2, -0.15) is 5.10 Å². The predicted molar refractivity (Wildman–Crippen MR) is 98.2 cm³/mol. The minimum atomic E-state index is -0.189.